The smallest absolute Gasteiger partial charge is 0.0788 e. The van der Waals surface area contributed by atoms with Gasteiger partial charge >= 0.3 is 0 Å². The Labute approximate surface area is 236 Å². The maximum atomic E-state index is 2.47. The van der Waals surface area contributed by atoms with Crippen LogP contribution in [-0.4, -0.2) is 9.13 Å². The van der Waals surface area contributed by atoms with Crippen LogP contribution >= 0.6 is 0 Å². The molecule has 40 heavy (non-hydrogen) atoms. The Hall–Kier alpha value is -4.30. The Morgan fingerprint density at radius 3 is 1.12 bits per heavy atom. The van der Waals surface area contributed by atoms with Crippen LogP contribution in [-0.2, 0) is 10.8 Å². The Bertz CT molecular complexity index is 1890. The van der Waals surface area contributed by atoms with Gasteiger partial charge < -0.3 is 9.13 Å². The van der Waals surface area contributed by atoms with Crippen molar-refractivity contribution < 1.29 is 0 Å². The molecular formula is C38H36N2. The average molecular weight is 521 g/mol. The van der Waals surface area contributed by atoms with E-state index < -0.39 is 0 Å². The van der Waals surface area contributed by atoms with E-state index in [-0.39, 0.29) is 10.8 Å². The van der Waals surface area contributed by atoms with Gasteiger partial charge in [-0.2, -0.15) is 0 Å². The predicted molar refractivity (Wildman–Crippen MR) is 173 cm³/mol. The van der Waals surface area contributed by atoms with Crippen LogP contribution in [0.3, 0.4) is 0 Å². The van der Waals surface area contributed by atoms with E-state index in [0.29, 0.717) is 0 Å². The van der Waals surface area contributed by atoms with E-state index in [2.05, 4.69) is 160 Å². The molecule has 0 amide bonds. The second-order valence-corrected chi connectivity index (χ2v) is 13.2. The molecular weight excluding hydrogens is 484 g/mol. The van der Waals surface area contributed by atoms with Crippen LogP contribution in [0.2, 0.25) is 0 Å². The molecule has 0 aliphatic rings. The third kappa shape index (κ3) is 3.70. The summed E-state index contributed by atoms with van der Waals surface area (Å²) in [7, 11) is 0. The fourth-order valence-corrected chi connectivity index (χ4v) is 6.22. The zero-order chi connectivity index (χ0) is 27.8. The van der Waals surface area contributed by atoms with E-state index in [1.54, 1.807) is 0 Å². The van der Waals surface area contributed by atoms with Crippen LogP contribution in [0.15, 0.2) is 109 Å². The van der Waals surface area contributed by atoms with Crippen LogP contribution in [0.25, 0.3) is 55.0 Å². The highest BCUT2D eigenvalue weighted by Gasteiger charge is 2.24. The van der Waals surface area contributed by atoms with Gasteiger partial charge in [0.25, 0.3) is 0 Å². The highest BCUT2D eigenvalue weighted by molar-refractivity contribution is 6.24. The first-order chi connectivity index (χ1) is 19.1. The van der Waals surface area contributed by atoms with Gasteiger partial charge in [0.2, 0.25) is 0 Å². The van der Waals surface area contributed by atoms with Crippen molar-refractivity contribution in [3.05, 3.63) is 120 Å². The van der Waals surface area contributed by atoms with Crippen LogP contribution in [0.5, 0.6) is 0 Å². The van der Waals surface area contributed by atoms with Crippen molar-refractivity contribution in [1.29, 1.82) is 0 Å². The number of rotatable bonds is 2. The molecule has 0 radical (unpaired) electrons. The number of hydrogen-bond acceptors (Lipinski definition) is 0. The fourth-order valence-electron chi connectivity index (χ4n) is 6.22. The summed E-state index contributed by atoms with van der Waals surface area (Å²) in [5.41, 5.74) is 10.2. The zero-order valence-corrected chi connectivity index (χ0v) is 24.3. The third-order valence-electron chi connectivity index (χ3n) is 8.41. The lowest BCUT2D eigenvalue weighted by Crippen LogP contribution is -2.10. The lowest BCUT2D eigenvalue weighted by Gasteiger charge is -2.19. The molecule has 0 saturated heterocycles. The molecule has 7 rings (SSSR count). The van der Waals surface area contributed by atoms with Crippen molar-refractivity contribution in [1.82, 2.24) is 9.13 Å². The topological polar surface area (TPSA) is 9.86 Å². The molecule has 2 nitrogen and oxygen atoms in total. The molecule has 2 aromatic heterocycles. The summed E-state index contributed by atoms with van der Waals surface area (Å²) in [6.45, 7) is 13.8. The van der Waals surface area contributed by atoms with Gasteiger partial charge in [0.05, 0.1) is 22.1 Å². The summed E-state index contributed by atoms with van der Waals surface area (Å²) in [6, 6.07) is 40.4. The molecule has 0 bridgehead atoms. The normalized spacial score (nSPS) is 12.8. The molecule has 0 atom stereocenters. The minimum absolute atomic E-state index is 0.0712. The largest absolute Gasteiger partial charge is 0.307 e. The van der Waals surface area contributed by atoms with Gasteiger partial charge in [-0.1, -0.05) is 102 Å². The van der Waals surface area contributed by atoms with Gasteiger partial charge in [0.1, 0.15) is 0 Å². The molecule has 0 unspecified atom stereocenters. The van der Waals surface area contributed by atoms with Gasteiger partial charge in [-0.05, 0) is 70.5 Å². The average Bonchev–Trinajstić information content (AvgIpc) is 3.45. The van der Waals surface area contributed by atoms with Crippen molar-refractivity contribution >= 4 is 43.6 Å². The Balaban J connectivity index is 1.74. The summed E-state index contributed by atoms with van der Waals surface area (Å²) in [5.74, 6) is 0. The fraction of sp³-hybridized carbons (Fsp3) is 0.211. The SMILES string of the molecule is CC(C)(C)c1ccc2c(c1)c1ccc3c4cc(C(C)(C)C)ccc4n(-c4ccccc4)c3c1n2-c1ccccc1. The summed E-state index contributed by atoms with van der Waals surface area (Å²) < 4.78 is 4.95. The maximum Gasteiger partial charge on any atom is 0.0788 e. The van der Waals surface area contributed by atoms with Crippen molar-refractivity contribution in [3.63, 3.8) is 0 Å². The molecule has 0 saturated carbocycles. The molecule has 7 aromatic rings. The Kier molecular flexibility index (Phi) is 5.31. The molecule has 0 aliphatic carbocycles. The molecule has 0 N–H and O–H groups in total. The van der Waals surface area contributed by atoms with Crippen molar-refractivity contribution in [2.75, 3.05) is 0 Å². The van der Waals surface area contributed by atoms with E-state index >= 15 is 0 Å². The van der Waals surface area contributed by atoms with E-state index in [0.717, 1.165) is 0 Å². The van der Waals surface area contributed by atoms with Gasteiger partial charge in [-0.3, -0.25) is 0 Å². The first-order valence-corrected chi connectivity index (χ1v) is 14.3. The van der Waals surface area contributed by atoms with Crippen molar-refractivity contribution in [3.8, 4) is 11.4 Å². The minimum Gasteiger partial charge on any atom is -0.307 e. The van der Waals surface area contributed by atoms with Crippen LogP contribution in [0, 0.1) is 0 Å². The lowest BCUT2D eigenvalue weighted by molar-refractivity contribution is 0.591. The Morgan fingerprint density at radius 1 is 0.400 bits per heavy atom. The number of nitrogens with zero attached hydrogens (tertiary/aromatic N) is 2. The van der Waals surface area contributed by atoms with Gasteiger partial charge in [0, 0.05) is 32.9 Å². The van der Waals surface area contributed by atoms with Gasteiger partial charge in [-0.15, -0.1) is 0 Å². The van der Waals surface area contributed by atoms with Gasteiger partial charge in [0.15, 0.2) is 0 Å². The van der Waals surface area contributed by atoms with Gasteiger partial charge in [-0.25, -0.2) is 0 Å². The molecule has 198 valence electrons. The van der Waals surface area contributed by atoms with E-state index in [4.69, 9.17) is 0 Å². The van der Waals surface area contributed by atoms with E-state index in [1.807, 2.05) is 0 Å². The first kappa shape index (κ1) is 24.7. The molecule has 0 aliphatic heterocycles. The standard InChI is InChI=1S/C38H36N2/c1-37(2,3)25-17-21-33-31(23-25)29-19-20-30-32-24-26(38(4,5)6)18-22-34(32)40(28-15-11-8-12-16-28)36(30)35(29)39(33)27-13-9-7-10-14-27/h7-24H,1-6H3. The van der Waals surface area contributed by atoms with Crippen LogP contribution < -0.4 is 0 Å². The molecule has 0 spiro atoms. The molecule has 2 heteroatoms. The van der Waals surface area contributed by atoms with Crippen molar-refractivity contribution in [2.24, 2.45) is 0 Å². The minimum atomic E-state index is 0.0712. The quantitative estimate of drug-likeness (QED) is 0.215. The molecule has 0 fully saturated rings. The highest BCUT2D eigenvalue weighted by Crippen LogP contribution is 2.43. The summed E-state index contributed by atoms with van der Waals surface area (Å²) in [4.78, 5) is 0. The highest BCUT2D eigenvalue weighted by atomic mass is 15.0. The maximum absolute atomic E-state index is 2.47. The van der Waals surface area contributed by atoms with E-state index in [1.165, 1.54) is 66.1 Å². The lowest BCUT2D eigenvalue weighted by atomic mass is 9.86. The zero-order valence-electron chi connectivity index (χ0n) is 24.3. The number of hydrogen-bond donors (Lipinski definition) is 0. The molecule has 5 aromatic carbocycles. The number of benzene rings is 5. The summed E-state index contributed by atoms with van der Waals surface area (Å²) in [6.07, 6.45) is 0. The van der Waals surface area contributed by atoms with Crippen LogP contribution in [0.1, 0.15) is 52.7 Å². The number of fused-ring (bicyclic) bond motifs is 7. The first-order valence-electron chi connectivity index (χ1n) is 14.3. The van der Waals surface area contributed by atoms with Crippen molar-refractivity contribution in [2.45, 2.75) is 52.4 Å². The number of para-hydroxylation sites is 2. The Morgan fingerprint density at radius 2 is 0.775 bits per heavy atom. The van der Waals surface area contributed by atoms with E-state index in [9.17, 15) is 0 Å². The van der Waals surface area contributed by atoms with Crippen LogP contribution in [0.4, 0.5) is 0 Å². The summed E-state index contributed by atoms with van der Waals surface area (Å²) in [5, 5.41) is 5.17. The molecule has 2 heterocycles. The predicted octanol–water partition coefficient (Wildman–Crippen LogP) is 10.5. The second-order valence-electron chi connectivity index (χ2n) is 13.2. The monoisotopic (exact) mass is 520 g/mol. The third-order valence-corrected chi connectivity index (χ3v) is 8.41. The second kappa shape index (κ2) is 8.60. The number of aromatic nitrogens is 2. The summed E-state index contributed by atoms with van der Waals surface area (Å²) >= 11 is 0.